The average Bonchev–Trinajstić information content (AvgIpc) is 2.92. The molecule has 2 fully saturated rings. The summed E-state index contributed by atoms with van der Waals surface area (Å²) >= 11 is 0. The molecule has 4 nitrogen and oxygen atoms in total. The number of esters is 2. The molecule has 0 heterocycles. The zero-order valence-corrected chi connectivity index (χ0v) is 25.5. The Hall–Kier alpha value is -2.62. The standard InChI is InChI=1S/C36H50O4/c1-23(2)31-19-7-25(5)21-33(31)39-35(37)29-15-11-27(12-16-29)9-10-28-13-17-30(18-14-28)36(38)40-34-22-26(6)8-20-32(34)24(3)4/h11-18,23-26,31-34H,7-10,19-22H2,1-6H3/t25-,26+,31-,32-,33+,34-/m1/s1. The number of hydrogen-bond acceptors (Lipinski definition) is 4. The highest BCUT2D eigenvalue weighted by Gasteiger charge is 2.34. The van der Waals surface area contributed by atoms with Crippen molar-refractivity contribution in [3.8, 4) is 0 Å². The van der Waals surface area contributed by atoms with Crippen molar-refractivity contribution >= 4 is 11.9 Å². The Balaban J connectivity index is 1.28. The Morgan fingerprint density at radius 1 is 0.625 bits per heavy atom. The van der Waals surface area contributed by atoms with E-state index in [9.17, 15) is 9.59 Å². The van der Waals surface area contributed by atoms with Gasteiger partial charge in [-0.15, -0.1) is 0 Å². The van der Waals surface area contributed by atoms with Gasteiger partial charge in [0.2, 0.25) is 0 Å². The average molecular weight is 547 g/mol. The van der Waals surface area contributed by atoms with Crippen molar-refractivity contribution in [2.45, 2.75) is 105 Å². The highest BCUT2D eigenvalue weighted by atomic mass is 16.5. The van der Waals surface area contributed by atoms with E-state index in [0.717, 1.165) is 38.5 Å². The summed E-state index contributed by atoms with van der Waals surface area (Å²) in [7, 11) is 0. The first kappa shape index (κ1) is 30.3. The van der Waals surface area contributed by atoms with Crippen molar-refractivity contribution in [2.75, 3.05) is 0 Å². The van der Waals surface area contributed by atoms with Gasteiger partial charge in [-0.25, -0.2) is 9.59 Å². The molecule has 2 aliphatic carbocycles. The van der Waals surface area contributed by atoms with E-state index in [1.54, 1.807) is 0 Å². The molecule has 0 N–H and O–H groups in total. The Labute approximate surface area is 242 Å². The molecule has 0 spiro atoms. The fourth-order valence-corrected chi connectivity index (χ4v) is 6.82. The van der Waals surface area contributed by atoms with Gasteiger partial charge in [0.05, 0.1) is 11.1 Å². The van der Waals surface area contributed by atoms with Crippen LogP contribution in [0.25, 0.3) is 0 Å². The normalized spacial score (nSPS) is 27.0. The van der Waals surface area contributed by atoms with Crippen LogP contribution in [0.1, 0.15) is 112 Å². The highest BCUT2D eigenvalue weighted by Crippen LogP contribution is 2.37. The van der Waals surface area contributed by atoms with Gasteiger partial charge in [-0.05, 0) is 109 Å². The fourth-order valence-electron chi connectivity index (χ4n) is 6.82. The van der Waals surface area contributed by atoms with Gasteiger partial charge in [0.25, 0.3) is 0 Å². The summed E-state index contributed by atoms with van der Waals surface area (Å²) < 4.78 is 12.0. The van der Waals surface area contributed by atoms with E-state index < -0.39 is 0 Å². The van der Waals surface area contributed by atoms with Gasteiger partial charge < -0.3 is 9.47 Å². The number of rotatable bonds is 9. The van der Waals surface area contributed by atoms with Gasteiger partial charge in [0, 0.05) is 0 Å². The summed E-state index contributed by atoms with van der Waals surface area (Å²) in [5.74, 6) is 2.72. The minimum atomic E-state index is -0.207. The maximum absolute atomic E-state index is 12.9. The third kappa shape index (κ3) is 7.98. The van der Waals surface area contributed by atoms with Gasteiger partial charge in [0.15, 0.2) is 0 Å². The molecule has 6 atom stereocenters. The highest BCUT2D eigenvalue weighted by molar-refractivity contribution is 5.90. The van der Waals surface area contributed by atoms with Gasteiger partial charge in [0.1, 0.15) is 12.2 Å². The molecule has 2 aliphatic rings. The largest absolute Gasteiger partial charge is 0.458 e. The molecule has 0 amide bonds. The van der Waals surface area contributed by atoms with Crippen molar-refractivity contribution in [1.82, 2.24) is 0 Å². The molecule has 218 valence electrons. The van der Waals surface area contributed by atoms with Gasteiger partial charge >= 0.3 is 11.9 Å². The first-order valence-electron chi connectivity index (χ1n) is 15.7. The molecule has 0 radical (unpaired) electrons. The summed E-state index contributed by atoms with van der Waals surface area (Å²) in [6.07, 6.45) is 8.39. The number of benzene rings is 2. The molecule has 2 aromatic rings. The molecule has 0 unspecified atom stereocenters. The molecule has 40 heavy (non-hydrogen) atoms. The van der Waals surface area contributed by atoms with Crippen LogP contribution in [0, 0.1) is 35.5 Å². The van der Waals surface area contributed by atoms with Gasteiger partial charge in [-0.1, -0.05) is 78.6 Å². The first-order chi connectivity index (χ1) is 19.1. The van der Waals surface area contributed by atoms with Crippen molar-refractivity contribution < 1.29 is 19.1 Å². The Kier molecular flexibility index (Phi) is 10.5. The fraction of sp³-hybridized carbons (Fsp3) is 0.611. The van der Waals surface area contributed by atoms with E-state index in [2.05, 4.69) is 41.5 Å². The van der Waals surface area contributed by atoms with Crippen LogP contribution < -0.4 is 0 Å². The molecule has 2 saturated carbocycles. The van der Waals surface area contributed by atoms with Crippen molar-refractivity contribution in [3.63, 3.8) is 0 Å². The number of hydrogen-bond donors (Lipinski definition) is 0. The molecular formula is C36H50O4. The predicted octanol–water partition coefficient (Wildman–Crippen LogP) is 8.71. The quantitative estimate of drug-likeness (QED) is 0.295. The smallest absolute Gasteiger partial charge is 0.338 e. The molecule has 0 saturated heterocycles. The topological polar surface area (TPSA) is 52.6 Å². The molecule has 4 heteroatoms. The van der Waals surface area contributed by atoms with Gasteiger partial charge in [-0.2, -0.15) is 0 Å². The van der Waals surface area contributed by atoms with Crippen LogP contribution in [0.15, 0.2) is 48.5 Å². The zero-order valence-electron chi connectivity index (χ0n) is 25.5. The van der Waals surface area contributed by atoms with E-state index in [4.69, 9.17) is 9.47 Å². The lowest BCUT2D eigenvalue weighted by molar-refractivity contribution is -0.0181. The lowest BCUT2D eigenvalue weighted by Crippen LogP contribution is -2.35. The van der Waals surface area contributed by atoms with E-state index in [1.807, 2.05) is 48.5 Å². The van der Waals surface area contributed by atoms with E-state index in [1.165, 1.54) is 24.0 Å². The maximum Gasteiger partial charge on any atom is 0.338 e. The minimum Gasteiger partial charge on any atom is -0.458 e. The summed E-state index contributed by atoms with van der Waals surface area (Å²) in [5, 5.41) is 0. The summed E-state index contributed by atoms with van der Waals surface area (Å²) in [5.41, 5.74) is 3.61. The minimum absolute atomic E-state index is 0.0130. The second-order valence-electron chi connectivity index (χ2n) is 13.4. The molecule has 2 aromatic carbocycles. The van der Waals surface area contributed by atoms with Crippen LogP contribution in [0.2, 0.25) is 0 Å². The molecular weight excluding hydrogens is 496 g/mol. The predicted molar refractivity (Wildman–Crippen MR) is 161 cm³/mol. The van der Waals surface area contributed by atoms with Crippen molar-refractivity contribution in [2.24, 2.45) is 35.5 Å². The summed E-state index contributed by atoms with van der Waals surface area (Å²) in [4.78, 5) is 25.8. The van der Waals surface area contributed by atoms with Crippen LogP contribution in [-0.4, -0.2) is 24.1 Å². The number of ether oxygens (including phenoxy) is 2. The molecule has 0 aliphatic heterocycles. The molecule has 4 rings (SSSR count). The van der Waals surface area contributed by atoms with Crippen LogP contribution in [-0.2, 0) is 22.3 Å². The van der Waals surface area contributed by atoms with E-state index in [0.29, 0.717) is 46.6 Å². The van der Waals surface area contributed by atoms with Crippen molar-refractivity contribution in [1.29, 1.82) is 0 Å². The zero-order chi connectivity index (χ0) is 28.8. The monoisotopic (exact) mass is 546 g/mol. The Morgan fingerprint density at radius 2 is 0.975 bits per heavy atom. The summed E-state index contributed by atoms with van der Waals surface area (Å²) in [6, 6.07) is 15.7. The summed E-state index contributed by atoms with van der Waals surface area (Å²) in [6.45, 7) is 13.4. The van der Waals surface area contributed by atoms with Crippen LogP contribution in [0.4, 0.5) is 0 Å². The van der Waals surface area contributed by atoms with E-state index in [-0.39, 0.29) is 24.1 Å². The third-order valence-electron chi connectivity index (χ3n) is 9.52. The number of carbonyl (C=O) groups excluding carboxylic acids is 2. The van der Waals surface area contributed by atoms with Crippen LogP contribution >= 0.6 is 0 Å². The van der Waals surface area contributed by atoms with Crippen LogP contribution in [0.5, 0.6) is 0 Å². The van der Waals surface area contributed by atoms with Crippen molar-refractivity contribution in [3.05, 3.63) is 70.8 Å². The lowest BCUT2D eigenvalue weighted by Gasteiger charge is -2.36. The lowest BCUT2D eigenvalue weighted by atomic mass is 9.75. The third-order valence-corrected chi connectivity index (χ3v) is 9.52. The SMILES string of the molecule is CC(C)[C@H]1CC[C@@H](C)C[C@@H]1OC(=O)c1ccc(CCc2ccc(C(=O)O[C@@H]3C[C@@H](C)CC[C@@H]3C(C)C)cc2)cc1. The molecule has 0 bridgehead atoms. The van der Waals surface area contributed by atoms with Crippen LogP contribution in [0.3, 0.4) is 0 Å². The maximum atomic E-state index is 12.9. The Bertz CT molecular complexity index is 1010. The second-order valence-corrected chi connectivity index (χ2v) is 13.4. The first-order valence-corrected chi connectivity index (χ1v) is 15.7. The Morgan fingerprint density at radius 3 is 1.30 bits per heavy atom. The second kappa shape index (κ2) is 13.8. The van der Waals surface area contributed by atoms with E-state index >= 15 is 0 Å². The molecule has 0 aromatic heterocycles. The number of aryl methyl sites for hydroxylation is 2. The van der Waals surface area contributed by atoms with Gasteiger partial charge in [-0.3, -0.25) is 0 Å². The number of carbonyl (C=O) groups is 2.